The summed E-state index contributed by atoms with van der Waals surface area (Å²) < 4.78 is 1.79. The zero-order chi connectivity index (χ0) is 16.9. The first-order valence-corrected chi connectivity index (χ1v) is 8.32. The van der Waals surface area contributed by atoms with Gasteiger partial charge in [0, 0.05) is 25.8 Å². The van der Waals surface area contributed by atoms with Crippen LogP contribution in [-0.2, 0) is 7.05 Å². The van der Waals surface area contributed by atoms with Gasteiger partial charge in [0.25, 0.3) is 0 Å². The molecule has 128 valence electrons. The highest BCUT2D eigenvalue weighted by molar-refractivity contribution is 5.72. The van der Waals surface area contributed by atoms with Crippen molar-refractivity contribution in [2.45, 2.75) is 37.8 Å². The Hall–Kier alpha value is -2.41. The van der Waals surface area contributed by atoms with Gasteiger partial charge in [0.2, 0.25) is 5.95 Å². The second kappa shape index (κ2) is 7.44. The number of anilines is 2. The lowest BCUT2D eigenvalue weighted by Gasteiger charge is -2.26. The van der Waals surface area contributed by atoms with Gasteiger partial charge in [-0.15, -0.1) is 6.58 Å². The third kappa shape index (κ3) is 3.73. The number of aliphatic hydroxyl groups is 1. The van der Waals surface area contributed by atoms with Crippen LogP contribution in [0, 0.1) is 0 Å². The van der Waals surface area contributed by atoms with E-state index >= 15 is 0 Å². The maximum atomic E-state index is 9.61. The fraction of sp³-hybridized carbons (Fsp3) is 0.471. The third-order valence-corrected chi connectivity index (χ3v) is 4.31. The van der Waals surface area contributed by atoms with Gasteiger partial charge in [0.1, 0.15) is 5.82 Å². The Morgan fingerprint density at radius 2 is 2.17 bits per heavy atom. The molecule has 3 rings (SSSR count). The van der Waals surface area contributed by atoms with Crippen LogP contribution < -0.4 is 10.6 Å². The first kappa shape index (κ1) is 16.4. The van der Waals surface area contributed by atoms with Gasteiger partial charge in [-0.25, -0.2) is 9.97 Å². The maximum Gasteiger partial charge on any atom is 0.223 e. The van der Waals surface area contributed by atoms with Crippen molar-refractivity contribution in [3.05, 3.63) is 31.1 Å². The Morgan fingerprint density at radius 3 is 2.92 bits per heavy atom. The van der Waals surface area contributed by atoms with Crippen molar-refractivity contribution >= 4 is 11.8 Å². The quantitative estimate of drug-likeness (QED) is 0.705. The normalized spacial score (nSPS) is 20.6. The van der Waals surface area contributed by atoms with Crippen LogP contribution in [0.15, 0.2) is 31.1 Å². The molecule has 0 radical (unpaired) electrons. The number of aliphatic hydroxyl groups excluding tert-OH is 1. The molecule has 1 saturated carbocycles. The lowest BCUT2D eigenvalue weighted by molar-refractivity contribution is 0.126. The van der Waals surface area contributed by atoms with E-state index in [9.17, 15) is 5.11 Å². The number of hydrogen-bond donors (Lipinski definition) is 3. The molecule has 1 aliphatic carbocycles. The topological polar surface area (TPSA) is 87.9 Å². The molecular weight excluding hydrogens is 304 g/mol. The number of aryl methyl sites for hydroxylation is 1. The van der Waals surface area contributed by atoms with Crippen molar-refractivity contribution in [2.75, 3.05) is 17.2 Å². The van der Waals surface area contributed by atoms with Crippen molar-refractivity contribution in [3.8, 4) is 11.3 Å². The van der Waals surface area contributed by atoms with Gasteiger partial charge in [-0.05, 0) is 31.7 Å². The zero-order valence-electron chi connectivity index (χ0n) is 13.9. The minimum atomic E-state index is -0.163. The van der Waals surface area contributed by atoms with Gasteiger partial charge in [-0.2, -0.15) is 5.10 Å². The van der Waals surface area contributed by atoms with E-state index in [-0.39, 0.29) is 6.10 Å². The third-order valence-electron chi connectivity index (χ3n) is 4.31. The minimum Gasteiger partial charge on any atom is -0.393 e. The lowest BCUT2D eigenvalue weighted by Crippen LogP contribution is -2.28. The molecule has 2 heterocycles. The molecule has 2 aromatic rings. The van der Waals surface area contributed by atoms with E-state index in [4.69, 9.17) is 0 Å². The van der Waals surface area contributed by atoms with E-state index < -0.39 is 0 Å². The van der Waals surface area contributed by atoms with Crippen molar-refractivity contribution in [2.24, 2.45) is 7.05 Å². The lowest BCUT2D eigenvalue weighted by atomic mass is 9.93. The molecule has 0 bridgehead atoms. The van der Waals surface area contributed by atoms with E-state index in [1.54, 1.807) is 23.2 Å². The van der Waals surface area contributed by atoms with E-state index in [0.29, 0.717) is 18.5 Å². The van der Waals surface area contributed by atoms with Crippen LogP contribution in [0.1, 0.15) is 25.7 Å². The molecule has 0 unspecified atom stereocenters. The van der Waals surface area contributed by atoms with Gasteiger partial charge in [-0.3, -0.25) is 4.68 Å². The molecule has 24 heavy (non-hydrogen) atoms. The number of hydrogen-bond acceptors (Lipinski definition) is 6. The number of aromatic nitrogens is 4. The first-order chi connectivity index (χ1) is 11.7. The van der Waals surface area contributed by atoms with E-state index in [1.165, 1.54) is 0 Å². The number of nitrogens with zero attached hydrogens (tertiary/aromatic N) is 4. The zero-order valence-corrected chi connectivity index (χ0v) is 13.9. The average molecular weight is 328 g/mol. The smallest absolute Gasteiger partial charge is 0.223 e. The molecule has 7 heteroatoms. The summed E-state index contributed by atoms with van der Waals surface area (Å²) in [6.45, 7) is 4.39. The van der Waals surface area contributed by atoms with Crippen LogP contribution in [0.3, 0.4) is 0 Å². The Balaban J connectivity index is 1.77. The summed E-state index contributed by atoms with van der Waals surface area (Å²) in [5.74, 6) is 1.52. The van der Waals surface area contributed by atoms with Crippen LogP contribution in [0.25, 0.3) is 11.3 Å². The SMILES string of the molecule is C=CCNc1c(-c2ccnc(N[C@H]3CC[C@H](O)CC3)n2)cnn1C. The Labute approximate surface area is 141 Å². The molecule has 3 N–H and O–H groups in total. The van der Waals surface area contributed by atoms with Crippen LogP contribution in [-0.4, -0.2) is 43.5 Å². The second-order valence-corrected chi connectivity index (χ2v) is 6.12. The molecule has 2 aromatic heterocycles. The van der Waals surface area contributed by atoms with Crippen molar-refractivity contribution in [1.29, 1.82) is 0 Å². The molecule has 1 aliphatic rings. The highest BCUT2D eigenvalue weighted by Crippen LogP contribution is 2.27. The minimum absolute atomic E-state index is 0.163. The number of nitrogens with one attached hydrogen (secondary N) is 2. The molecule has 7 nitrogen and oxygen atoms in total. The summed E-state index contributed by atoms with van der Waals surface area (Å²) in [5.41, 5.74) is 1.76. The Morgan fingerprint density at radius 1 is 1.38 bits per heavy atom. The van der Waals surface area contributed by atoms with Gasteiger partial charge >= 0.3 is 0 Å². The predicted molar refractivity (Wildman–Crippen MR) is 94.8 cm³/mol. The largest absolute Gasteiger partial charge is 0.393 e. The average Bonchev–Trinajstić information content (AvgIpc) is 2.96. The Bertz CT molecular complexity index is 690. The summed E-state index contributed by atoms with van der Waals surface area (Å²) in [5, 5.41) is 20.6. The summed E-state index contributed by atoms with van der Waals surface area (Å²) in [6.07, 6.45) is 8.74. The van der Waals surface area contributed by atoms with Crippen molar-refractivity contribution < 1.29 is 5.11 Å². The van der Waals surface area contributed by atoms with Gasteiger partial charge < -0.3 is 15.7 Å². The standard InChI is InChI=1S/C17H24N6O/c1-3-9-18-16-14(11-20-23(16)2)15-8-10-19-17(22-15)21-12-4-6-13(24)7-5-12/h3,8,10-13,18,24H,1,4-7,9H2,2H3,(H,19,21,22)/t12-,13-. The summed E-state index contributed by atoms with van der Waals surface area (Å²) in [4.78, 5) is 8.96. The molecular formula is C17H24N6O. The molecule has 0 saturated heterocycles. The van der Waals surface area contributed by atoms with Crippen LogP contribution in [0.5, 0.6) is 0 Å². The van der Waals surface area contributed by atoms with Gasteiger partial charge in [0.15, 0.2) is 0 Å². The highest BCUT2D eigenvalue weighted by atomic mass is 16.3. The van der Waals surface area contributed by atoms with Crippen LogP contribution in [0.2, 0.25) is 0 Å². The van der Waals surface area contributed by atoms with Crippen LogP contribution >= 0.6 is 0 Å². The molecule has 0 spiro atoms. The molecule has 0 aromatic carbocycles. The summed E-state index contributed by atoms with van der Waals surface area (Å²) >= 11 is 0. The highest BCUT2D eigenvalue weighted by Gasteiger charge is 2.20. The van der Waals surface area contributed by atoms with Crippen LogP contribution in [0.4, 0.5) is 11.8 Å². The van der Waals surface area contributed by atoms with Gasteiger partial charge in [-0.1, -0.05) is 6.08 Å². The Kier molecular flexibility index (Phi) is 5.10. The monoisotopic (exact) mass is 328 g/mol. The molecule has 0 amide bonds. The van der Waals surface area contributed by atoms with Crippen molar-refractivity contribution in [1.82, 2.24) is 19.7 Å². The van der Waals surface area contributed by atoms with E-state index in [2.05, 4.69) is 32.3 Å². The fourth-order valence-corrected chi connectivity index (χ4v) is 2.98. The predicted octanol–water partition coefficient (Wildman–Crippen LogP) is 2.19. The summed E-state index contributed by atoms with van der Waals surface area (Å²) in [7, 11) is 1.89. The molecule has 0 atom stereocenters. The first-order valence-electron chi connectivity index (χ1n) is 8.32. The summed E-state index contributed by atoms with van der Waals surface area (Å²) in [6, 6.07) is 2.20. The maximum absolute atomic E-state index is 9.61. The fourth-order valence-electron chi connectivity index (χ4n) is 2.98. The van der Waals surface area contributed by atoms with E-state index in [0.717, 1.165) is 42.8 Å². The van der Waals surface area contributed by atoms with E-state index in [1.807, 2.05) is 13.1 Å². The second-order valence-electron chi connectivity index (χ2n) is 6.12. The number of rotatable bonds is 6. The van der Waals surface area contributed by atoms with Gasteiger partial charge in [0.05, 0.1) is 23.6 Å². The van der Waals surface area contributed by atoms with Crippen molar-refractivity contribution in [3.63, 3.8) is 0 Å². The molecule has 0 aliphatic heterocycles. The molecule has 1 fully saturated rings.